The van der Waals surface area contributed by atoms with Crippen LogP contribution in [0, 0.1) is 0 Å². The van der Waals surface area contributed by atoms with Gasteiger partial charge in [-0.05, 0) is 24.3 Å². The van der Waals surface area contributed by atoms with Crippen LogP contribution in [0.4, 0.5) is 0 Å². The fourth-order valence-electron chi connectivity index (χ4n) is 1.37. The molecule has 114 valence electrons. The van der Waals surface area contributed by atoms with Gasteiger partial charge in [-0.3, -0.25) is 0 Å². The highest BCUT2D eigenvalue weighted by Crippen LogP contribution is 2.32. The zero-order valence-electron chi connectivity index (χ0n) is 10.4. The molecule has 0 radical (unpaired) electrons. The Balaban J connectivity index is 2.66. The number of sulfonamides is 1. The highest BCUT2D eigenvalue weighted by Gasteiger charge is 2.21. The second kappa shape index (κ2) is 8.82. The zero-order valence-corrected chi connectivity index (χ0v) is 15.1. The summed E-state index contributed by atoms with van der Waals surface area (Å²) in [5, 5.41) is 8.77. The number of hydrogen-bond acceptors (Lipinski definition) is 4. The molecule has 0 amide bonds. The Morgan fingerprint density at radius 3 is 2.40 bits per heavy atom. The minimum Gasteiger partial charge on any atom is -0.396 e. The summed E-state index contributed by atoms with van der Waals surface area (Å²) in [4.78, 5) is -0.107. The van der Waals surface area contributed by atoms with Crippen LogP contribution >= 0.6 is 50.9 Å². The number of hydrogen-bond donors (Lipinski definition) is 2. The molecule has 1 aromatic carbocycles. The van der Waals surface area contributed by atoms with E-state index in [1.54, 1.807) is 11.8 Å². The summed E-state index contributed by atoms with van der Waals surface area (Å²) >= 11 is 16.6. The van der Waals surface area contributed by atoms with Crippen molar-refractivity contribution in [3.8, 4) is 0 Å². The zero-order chi connectivity index (χ0) is 15.2. The van der Waals surface area contributed by atoms with Crippen LogP contribution in [0.5, 0.6) is 0 Å². The molecule has 0 unspecified atom stereocenters. The smallest absolute Gasteiger partial charge is 0.243 e. The summed E-state index contributed by atoms with van der Waals surface area (Å²) < 4.78 is 27.3. The predicted octanol–water partition coefficient (Wildman–Crippen LogP) is 3.15. The van der Waals surface area contributed by atoms with Crippen molar-refractivity contribution in [3.05, 3.63) is 26.7 Å². The number of thioether (sulfide) groups is 1. The van der Waals surface area contributed by atoms with Gasteiger partial charge < -0.3 is 5.11 Å². The topological polar surface area (TPSA) is 66.4 Å². The summed E-state index contributed by atoms with van der Waals surface area (Å²) in [6, 6.07) is 2.97. The number of nitrogens with one attached hydrogen (secondary N) is 1. The molecule has 0 heterocycles. The molecule has 0 aromatic heterocycles. The van der Waals surface area contributed by atoms with Gasteiger partial charge in [0.15, 0.2) is 0 Å². The van der Waals surface area contributed by atoms with E-state index in [2.05, 4.69) is 20.7 Å². The second-order valence-electron chi connectivity index (χ2n) is 3.79. The second-order valence-corrected chi connectivity index (χ2v) is 8.44. The van der Waals surface area contributed by atoms with Crippen LogP contribution in [0.2, 0.25) is 10.0 Å². The lowest BCUT2D eigenvalue weighted by Gasteiger charge is -2.10. The fraction of sp³-hybridized carbons (Fsp3) is 0.455. The van der Waals surface area contributed by atoms with Gasteiger partial charge in [-0.15, -0.1) is 0 Å². The van der Waals surface area contributed by atoms with Crippen LogP contribution < -0.4 is 4.72 Å². The third-order valence-corrected chi connectivity index (χ3v) is 6.13. The molecule has 0 aliphatic heterocycles. The van der Waals surface area contributed by atoms with Crippen LogP contribution in [-0.2, 0) is 10.0 Å². The number of aliphatic hydroxyl groups is 1. The van der Waals surface area contributed by atoms with Crippen LogP contribution in [0.3, 0.4) is 0 Å². The molecular formula is C11H14BrCl2NO3S2. The largest absolute Gasteiger partial charge is 0.396 e. The first-order valence-corrected chi connectivity index (χ1v) is 9.90. The van der Waals surface area contributed by atoms with Gasteiger partial charge in [-0.1, -0.05) is 39.1 Å². The number of rotatable bonds is 8. The van der Waals surface area contributed by atoms with Gasteiger partial charge in [0.1, 0.15) is 4.90 Å². The summed E-state index contributed by atoms with van der Waals surface area (Å²) in [5.74, 6) is 1.41. The first-order chi connectivity index (χ1) is 9.38. The molecule has 4 nitrogen and oxygen atoms in total. The van der Waals surface area contributed by atoms with Gasteiger partial charge in [-0.2, -0.15) is 11.8 Å². The van der Waals surface area contributed by atoms with Crippen molar-refractivity contribution in [1.82, 2.24) is 4.72 Å². The minimum atomic E-state index is -3.73. The summed E-state index contributed by atoms with van der Waals surface area (Å²) in [7, 11) is -3.73. The molecule has 0 fully saturated rings. The Morgan fingerprint density at radius 1 is 1.25 bits per heavy atom. The molecule has 0 spiro atoms. The molecule has 0 atom stereocenters. The lowest BCUT2D eigenvalue weighted by atomic mass is 10.4. The first-order valence-electron chi connectivity index (χ1n) is 5.71. The van der Waals surface area contributed by atoms with Gasteiger partial charge in [-0.25, -0.2) is 13.1 Å². The van der Waals surface area contributed by atoms with Gasteiger partial charge in [0.2, 0.25) is 10.0 Å². The first kappa shape index (κ1) is 18.5. The number of halogens is 3. The third-order valence-electron chi connectivity index (χ3n) is 2.22. The van der Waals surface area contributed by atoms with Crippen molar-refractivity contribution >= 4 is 60.9 Å². The van der Waals surface area contributed by atoms with E-state index in [4.69, 9.17) is 28.3 Å². The molecule has 1 aromatic rings. The van der Waals surface area contributed by atoms with Gasteiger partial charge >= 0.3 is 0 Å². The molecule has 2 N–H and O–H groups in total. The Hall–Kier alpha value is 0.500. The molecular weight excluding hydrogens is 409 g/mol. The molecule has 0 saturated carbocycles. The van der Waals surface area contributed by atoms with E-state index in [0.29, 0.717) is 16.6 Å². The van der Waals surface area contributed by atoms with Crippen LogP contribution in [0.25, 0.3) is 0 Å². The van der Waals surface area contributed by atoms with Crippen molar-refractivity contribution in [2.45, 2.75) is 11.3 Å². The normalized spacial score (nSPS) is 11.8. The predicted molar refractivity (Wildman–Crippen MR) is 88.4 cm³/mol. The van der Waals surface area contributed by atoms with E-state index in [-0.39, 0.29) is 28.1 Å². The van der Waals surface area contributed by atoms with Gasteiger partial charge in [0, 0.05) is 23.4 Å². The van der Waals surface area contributed by atoms with Crippen LogP contribution in [0.15, 0.2) is 21.5 Å². The van der Waals surface area contributed by atoms with E-state index < -0.39 is 10.0 Å². The van der Waals surface area contributed by atoms with Crippen LogP contribution in [-0.4, -0.2) is 38.2 Å². The Kier molecular flexibility index (Phi) is 8.18. The minimum absolute atomic E-state index is 0.0739. The van der Waals surface area contributed by atoms with E-state index in [9.17, 15) is 8.42 Å². The SMILES string of the molecule is O=S(=O)(NCCSCCCO)c1c(Cl)cc(Br)cc1Cl. The quantitative estimate of drug-likeness (QED) is 0.631. The lowest BCUT2D eigenvalue weighted by molar-refractivity contribution is 0.296. The highest BCUT2D eigenvalue weighted by molar-refractivity contribution is 9.10. The standard InChI is InChI=1S/C11H14BrCl2NO3S2/c12-8-6-9(13)11(10(14)7-8)20(17,18)15-2-5-19-4-1-3-16/h6-7,15-16H,1-5H2. The molecule has 9 heteroatoms. The molecule has 0 aliphatic carbocycles. The fourth-order valence-corrected chi connectivity index (χ4v) is 5.25. The summed E-state index contributed by atoms with van der Waals surface area (Å²) in [5.41, 5.74) is 0. The summed E-state index contributed by atoms with van der Waals surface area (Å²) in [6.45, 7) is 0.421. The number of benzene rings is 1. The molecule has 20 heavy (non-hydrogen) atoms. The molecule has 0 saturated heterocycles. The maximum Gasteiger partial charge on any atom is 0.243 e. The van der Waals surface area contributed by atoms with E-state index in [1.807, 2.05) is 0 Å². The Labute approximate surface area is 141 Å². The summed E-state index contributed by atoms with van der Waals surface area (Å²) in [6.07, 6.45) is 0.696. The Morgan fingerprint density at radius 2 is 1.85 bits per heavy atom. The van der Waals surface area contributed by atoms with Crippen molar-refractivity contribution in [2.75, 3.05) is 24.7 Å². The van der Waals surface area contributed by atoms with E-state index in [0.717, 1.165) is 5.75 Å². The maximum atomic E-state index is 12.1. The van der Waals surface area contributed by atoms with Crippen molar-refractivity contribution in [2.24, 2.45) is 0 Å². The third kappa shape index (κ3) is 5.71. The van der Waals surface area contributed by atoms with Gasteiger partial charge in [0.25, 0.3) is 0 Å². The molecule has 1 rings (SSSR count). The average Bonchev–Trinajstić information content (AvgIpc) is 2.31. The van der Waals surface area contributed by atoms with Crippen molar-refractivity contribution < 1.29 is 13.5 Å². The maximum absolute atomic E-state index is 12.1. The van der Waals surface area contributed by atoms with Gasteiger partial charge in [0.05, 0.1) is 10.0 Å². The van der Waals surface area contributed by atoms with E-state index in [1.165, 1.54) is 12.1 Å². The Bertz CT molecular complexity index is 532. The van der Waals surface area contributed by atoms with Crippen molar-refractivity contribution in [3.63, 3.8) is 0 Å². The molecule has 0 aliphatic rings. The lowest BCUT2D eigenvalue weighted by Crippen LogP contribution is -2.26. The van der Waals surface area contributed by atoms with Crippen LogP contribution in [0.1, 0.15) is 6.42 Å². The van der Waals surface area contributed by atoms with Crippen molar-refractivity contribution in [1.29, 1.82) is 0 Å². The average molecular weight is 423 g/mol. The highest BCUT2D eigenvalue weighted by atomic mass is 79.9. The number of aliphatic hydroxyl groups excluding tert-OH is 1. The molecule has 0 bridgehead atoms. The van der Waals surface area contributed by atoms with E-state index >= 15 is 0 Å². The monoisotopic (exact) mass is 421 g/mol.